The second-order valence-electron chi connectivity index (χ2n) is 5.68. The van der Waals surface area contributed by atoms with Crippen molar-refractivity contribution < 1.29 is 14.4 Å². The number of para-hydroxylation sites is 1. The summed E-state index contributed by atoms with van der Waals surface area (Å²) in [7, 11) is 0. The summed E-state index contributed by atoms with van der Waals surface area (Å²) in [6.45, 7) is 1.94. The van der Waals surface area contributed by atoms with Gasteiger partial charge in [0.05, 0.1) is 34.1 Å². The molecule has 0 radical (unpaired) electrons. The van der Waals surface area contributed by atoms with Gasteiger partial charge in [0.25, 0.3) is 5.69 Å². The quantitative estimate of drug-likeness (QED) is 0.391. The van der Waals surface area contributed by atoms with Gasteiger partial charge in [-0.05, 0) is 25.1 Å². The molecule has 0 amide bonds. The lowest BCUT2D eigenvalue weighted by molar-refractivity contribution is -0.385. The minimum absolute atomic E-state index is 0.0472. The standard InChI is InChI=1S/C18H14N4O4S/c1-12-10-27-18(20-14-5-3-2-4-6-14)21(12)19-9-13-7-16-17(26-11-25-16)8-15(13)22(23)24/h2-10H,11H2,1H3. The largest absolute Gasteiger partial charge is 0.454 e. The smallest absolute Gasteiger partial charge is 0.282 e. The van der Waals surface area contributed by atoms with E-state index in [1.165, 1.54) is 23.6 Å². The molecule has 0 fully saturated rings. The maximum atomic E-state index is 11.4. The average molecular weight is 382 g/mol. The van der Waals surface area contributed by atoms with Crippen LogP contribution >= 0.6 is 11.3 Å². The summed E-state index contributed by atoms with van der Waals surface area (Å²) in [4.78, 5) is 16.2. The zero-order valence-electron chi connectivity index (χ0n) is 14.2. The van der Waals surface area contributed by atoms with Crippen LogP contribution in [0, 0.1) is 17.0 Å². The molecular weight excluding hydrogens is 368 g/mol. The van der Waals surface area contributed by atoms with Crippen molar-refractivity contribution in [3.05, 3.63) is 74.0 Å². The fourth-order valence-electron chi connectivity index (χ4n) is 2.54. The fourth-order valence-corrected chi connectivity index (χ4v) is 3.37. The third-order valence-corrected chi connectivity index (χ3v) is 4.80. The molecule has 0 saturated heterocycles. The van der Waals surface area contributed by atoms with Crippen LogP contribution in [0.15, 0.2) is 57.9 Å². The second-order valence-corrected chi connectivity index (χ2v) is 6.52. The Morgan fingerprint density at radius 3 is 2.70 bits per heavy atom. The van der Waals surface area contributed by atoms with Crippen molar-refractivity contribution in [3.63, 3.8) is 0 Å². The molecule has 3 aromatic rings. The summed E-state index contributed by atoms with van der Waals surface area (Å²) in [5, 5.41) is 17.7. The second kappa shape index (κ2) is 7.04. The topological polar surface area (TPSA) is 91.2 Å². The molecule has 0 N–H and O–H groups in total. The molecule has 0 saturated carbocycles. The van der Waals surface area contributed by atoms with E-state index in [0.717, 1.165) is 11.4 Å². The number of aryl methyl sites for hydroxylation is 1. The van der Waals surface area contributed by atoms with Gasteiger partial charge in [0, 0.05) is 5.38 Å². The highest BCUT2D eigenvalue weighted by atomic mass is 32.1. The fraction of sp³-hybridized carbons (Fsp3) is 0.111. The van der Waals surface area contributed by atoms with Crippen LogP contribution in [0.1, 0.15) is 11.3 Å². The number of hydrogen-bond acceptors (Lipinski definition) is 7. The molecule has 2 aromatic carbocycles. The highest BCUT2D eigenvalue weighted by Crippen LogP contribution is 2.37. The van der Waals surface area contributed by atoms with Crippen molar-refractivity contribution >= 4 is 28.9 Å². The molecule has 1 aliphatic rings. The molecule has 2 heterocycles. The van der Waals surface area contributed by atoms with Crippen molar-refractivity contribution in [1.82, 2.24) is 4.68 Å². The van der Waals surface area contributed by atoms with Gasteiger partial charge in [0.15, 0.2) is 11.5 Å². The summed E-state index contributed by atoms with van der Waals surface area (Å²) < 4.78 is 12.2. The number of nitro groups is 1. The SMILES string of the molecule is Cc1csc(=Nc2ccccc2)n1N=Cc1cc2c(cc1[N+](=O)[O-])OCO2. The van der Waals surface area contributed by atoms with Crippen molar-refractivity contribution in [3.8, 4) is 11.5 Å². The number of benzene rings is 2. The van der Waals surface area contributed by atoms with Gasteiger partial charge in [-0.25, -0.2) is 9.67 Å². The minimum Gasteiger partial charge on any atom is -0.454 e. The van der Waals surface area contributed by atoms with Gasteiger partial charge < -0.3 is 9.47 Å². The van der Waals surface area contributed by atoms with Gasteiger partial charge in [-0.1, -0.05) is 18.2 Å². The number of ether oxygens (including phenoxy) is 2. The first-order valence-electron chi connectivity index (χ1n) is 8.01. The van der Waals surface area contributed by atoms with Gasteiger partial charge in [-0.15, -0.1) is 11.3 Å². The Kier molecular flexibility index (Phi) is 4.43. The molecule has 0 unspecified atom stereocenters. The molecule has 0 spiro atoms. The summed E-state index contributed by atoms with van der Waals surface area (Å²) in [6.07, 6.45) is 1.43. The summed E-state index contributed by atoms with van der Waals surface area (Å²) in [6, 6.07) is 12.4. The van der Waals surface area contributed by atoms with Crippen LogP contribution in [-0.4, -0.2) is 22.6 Å². The Morgan fingerprint density at radius 2 is 1.96 bits per heavy atom. The van der Waals surface area contributed by atoms with Gasteiger partial charge in [-0.2, -0.15) is 5.10 Å². The lowest BCUT2D eigenvalue weighted by Crippen LogP contribution is -2.11. The Labute approximate surface area is 157 Å². The van der Waals surface area contributed by atoms with Crippen molar-refractivity contribution in [2.24, 2.45) is 10.1 Å². The van der Waals surface area contributed by atoms with Crippen molar-refractivity contribution in [1.29, 1.82) is 0 Å². The van der Waals surface area contributed by atoms with E-state index in [2.05, 4.69) is 10.1 Å². The zero-order chi connectivity index (χ0) is 18.8. The van der Waals surface area contributed by atoms with E-state index in [9.17, 15) is 10.1 Å². The van der Waals surface area contributed by atoms with Gasteiger partial charge in [0.1, 0.15) is 0 Å². The maximum Gasteiger partial charge on any atom is 0.282 e. The normalized spacial score (nSPS) is 13.4. The lowest BCUT2D eigenvalue weighted by atomic mass is 10.1. The Balaban J connectivity index is 1.76. The maximum absolute atomic E-state index is 11.4. The predicted molar refractivity (Wildman–Crippen MR) is 101 cm³/mol. The molecule has 4 rings (SSSR count). The van der Waals surface area contributed by atoms with E-state index in [-0.39, 0.29) is 12.5 Å². The summed E-state index contributed by atoms with van der Waals surface area (Å²) in [5.41, 5.74) is 1.90. The number of fused-ring (bicyclic) bond motifs is 1. The van der Waals surface area contributed by atoms with Crippen LogP contribution in [0.25, 0.3) is 0 Å². The Bertz CT molecular complexity index is 1100. The molecule has 136 valence electrons. The number of nitrogens with zero attached hydrogens (tertiary/aromatic N) is 4. The molecule has 9 heteroatoms. The van der Waals surface area contributed by atoms with E-state index >= 15 is 0 Å². The van der Waals surface area contributed by atoms with Crippen LogP contribution < -0.4 is 14.3 Å². The van der Waals surface area contributed by atoms with Crippen molar-refractivity contribution in [2.45, 2.75) is 6.92 Å². The van der Waals surface area contributed by atoms with Crippen LogP contribution in [-0.2, 0) is 0 Å². The van der Waals surface area contributed by atoms with Crippen LogP contribution in [0.2, 0.25) is 0 Å². The first kappa shape index (κ1) is 17.0. The number of hydrogen-bond donors (Lipinski definition) is 0. The number of nitro benzene ring substituents is 1. The highest BCUT2D eigenvalue weighted by molar-refractivity contribution is 7.07. The number of rotatable bonds is 4. The van der Waals surface area contributed by atoms with Gasteiger partial charge in [-0.3, -0.25) is 10.1 Å². The third kappa shape index (κ3) is 3.44. The van der Waals surface area contributed by atoms with E-state index in [1.807, 2.05) is 42.6 Å². The molecule has 0 bridgehead atoms. The number of aromatic nitrogens is 1. The van der Waals surface area contributed by atoms with E-state index < -0.39 is 4.92 Å². The van der Waals surface area contributed by atoms with E-state index in [4.69, 9.17) is 9.47 Å². The highest BCUT2D eigenvalue weighted by Gasteiger charge is 2.22. The Morgan fingerprint density at radius 1 is 1.22 bits per heavy atom. The van der Waals surface area contributed by atoms with E-state index in [1.54, 1.807) is 10.7 Å². The third-order valence-electron chi connectivity index (χ3n) is 3.86. The average Bonchev–Trinajstić information content (AvgIpc) is 3.26. The zero-order valence-corrected chi connectivity index (χ0v) is 15.0. The van der Waals surface area contributed by atoms with Gasteiger partial charge >= 0.3 is 0 Å². The molecular formula is C18H14N4O4S. The minimum atomic E-state index is -0.469. The first-order chi connectivity index (χ1) is 13.1. The van der Waals surface area contributed by atoms with E-state index in [0.29, 0.717) is 21.9 Å². The lowest BCUT2D eigenvalue weighted by Gasteiger charge is -2.01. The molecule has 8 nitrogen and oxygen atoms in total. The molecule has 1 aliphatic heterocycles. The number of thiazole rings is 1. The van der Waals surface area contributed by atoms with Crippen LogP contribution in [0.4, 0.5) is 11.4 Å². The monoisotopic (exact) mass is 382 g/mol. The molecule has 1 aromatic heterocycles. The summed E-state index contributed by atoms with van der Waals surface area (Å²) in [5.74, 6) is 0.821. The van der Waals surface area contributed by atoms with Crippen LogP contribution in [0.3, 0.4) is 0 Å². The molecule has 0 atom stereocenters. The molecule has 27 heavy (non-hydrogen) atoms. The first-order valence-corrected chi connectivity index (χ1v) is 8.89. The molecule has 0 aliphatic carbocycles. The Hall–Kier alpha value is -3.46. The van der Waals surface area contributed by atoms with Crippen molar-refractivity contribution in [2.75, 3.05) is 6.79 Å². The van der Waals surface area contributed by atoms with Crippen LogP contribution in [0.5, 0.6) is 11.5 Å². The predicted octanol–water partition coefficient (Wildman–Crippen LogP) is 3.61. The summed E-state index contributed by atoms with van der Waals surface area (Å²) >= 11 is 1.44. The van der Waals surface area contributed by atoms with Gasteiger partial charge in [0.2, 0.25) is 11.6 Å².